The number of hydrogen-bond acceptors (Lipinski definition) is 4. The highest BCUT2D eigenvalue weighted by Gasteiger charge is 2.18. The molecular formula is C19H23F2N5. The Morgan fingerprint density at radius 3 is 2.50 bits per heavy atom. The molecular weight excluding hydrogens is 336 g/mol. The van der Waals surface area contributed by atoms with Crippen molar-refractivity contribution in [2.24, 2.45) is 0 Å². The molecule has 7 heteroatoms. The Kier molecular flexibility index (Phi) is 5.35. The summed E-state index contributed by atoms with van der Waals surface area (Å²) >= 11 is 0. The molecule has 138 valence electrons. The van der Waals surface area contributed by atoms with Gasteiger partial charge in [-0.3, -0.25) is 0 Å². The number of hydrogen-bond donors (Lipinski definition) is 1. The van der Waals surface area contributed by atoms with Gasteiger partial charge in [-0.15, -0.1) is 0 Å². The average molecular weight is 359 g/mol. The molecule has 2 heterocycles. The maximum Gasteiger partial charge on any atom is 0.159 e. The Hall–Kier alpha value is -2.70. The molecule has 0 saturated heterocycles. The molecule has 3 rings (SSSR count). The number of nitrogens with zero attached hydrogens (tertiary/aromatic N) is 4. The van der Waals surface area contributed by atoms with Gasteiger partial charge in [-0.05, 0) is 31.9 Å². The highest BCUT2D eigenvalue weighted by atomic mass is 19.1. The second-order valence-electron chi connectivity index (χ2n) is 6.25. The van der Waals surface area contributed by atoms with Crippen LogP contribution in [-0.4, -0.2) is 27.7 Å². The van der Waals surface area contributed by atoms with Crippen molar-refractivity contribution >= 4 is 23.0 Å². The first-order valence-electron chi connectivity index (χ1n) is 8.86. The van der Waals surface area contributed by atoms with Crippen molar-refractivity contribution in [2.75, 3.05) is 23.3 Å². The monoisotopic (exact) mass is 359 g/mol. The van der Waals surface area contributed by atoms with Crippen LogP contribution in [0.4, 0.5) is 26.1 Å². The molecule has 1 N–H and O–H groups in total. The minimum atomic E-state index is -0.653. The van der Waals surface area contributed by atoms with E-state index in [2.05, 4.69) is 34.1 Å². The number of anilines is 3. The first-order chi connectivity index (χ1) is 12.5. The lowest BCUT2D eigenvalue weighted by Crippen LogP contribution is -2.28. The van der Waals surface area contributed by atoms with E-state index in [0.29, 0.717) is 11.5 Å². The summed E-state index contributed by atoms with van der Waals surface area (Å²) in [6.45, 7) is 7.97. The first-order valence-corrected chi connectivity index (χ1v) is 8.86. The maximum atomic E-state index is 14.1. The fourth-order valence-corrected chi connectivity index (χ4v) is 3.08. The van der Waals surface area contributed by atoms with Gasteiger partial charge >= 0.3 is 0 Å². The average Bonchev–Trinajstić information content (AvgIpc) is 3.06. The Labute approximate surface area is 151 Å². The van der Waals surface area contributed by atoms with Crippen LogP contribution in [0.3, 0.4) is 0 Å². The second-order valence-corrected chi connectivity index (χ2v) is 6.25. The molecule has 0 unspecified atom stereocenters. The summed E-state index contributed by atoms with van der Waals surface area (Å²) < 4.78 is 29.0. The minimum Gasteiger partial charge on any atom is -0.356 e. The topological polar surface area (TPSA) is 45.5 Å². The van der Waals surface area contributed by atoms with Gasteiger partial charge in [0.1, 0.15) is 23.3 Å². The molecule has 0 amide bonds. The number of fused-ring (bicyclic) bond motifs is 1. The third-order valence-electron chi connectivity index (χ3n) is 4.21. The van der Waals surface area contributed by atoms with Gasteiger partial charge in [0.15, 0.2) is 5.65 Å². The predicted octanol–water partition coefficient (Wildman–Crippen LogP) is 4.69. The Morgan fingerprint density at radius 2 is 1.85 bits per heavy atom. The van der Waals surface area contributed by atoms with Crippen molar-refractivity contribution < 1.29 is 8.78 Å². The van der Waals surface area contributed by atoms with Gasteiger partial charge in [0.2, 0.25) is 0 Å². The van der Waals surface area contributed by atoms with E-state index in [-0.39, 0.29) is 5.69 Å². The second kappa shape index (κ2) is 7.68. The summed E-state index contributed by atoms with van der Waals surface area (Å²) in [5.74, 6) is 0.214. The number of halogens is 2. The molecule has 0 aliphatic heterocycles. The van der Waals surface area contributed by atoms with Gasteiger partial charge in [-0.1, -0.05) is 13.8 Å². The number of nitrogens with one attached hydrogen (secondary N) is 1. The molecule has 0 atom stereocenters. The van der Waals surface area contributed by atoms with Crippen molar-refractivity contribution in [1.29, 1.82) is 0 Å². The third kappa shape index (κ3) is 3.47. The largest absolute Gasteiger partial charge is 0.356 e. The summed E-state index contributed by atoms with van der Waals surface area (Å²) in [4.78, 5) is 6.83. The van der Waals surface area contributed by atoms with Crippen molar-refractivity contribution in [3.8, 4) is 0 Å². The Balaban J connectivity index is 2.10. The van der Waals surface area contributed by atoms with Crippen LogP contribution < -0.4 is 10.2 Å². The Bertz CT molecular complexity index is 900. The highest BCUT2D eigenvalue weighted by molar-refractivity contribution is 5.69. The lowest BCUT2D eigenvalue weighted by Gasteiger charge is -2.27. The van der Waals surface area contributed by atoms with Crippen molar-refractivity contribution in [1.82, 2.24) is 14.6 Å². The number of benzene rings is 1. The molecule has 3 aromatic rings. The van der Waals surface area contributed by atoms with Crippen LogP contribution in [0.5, 0.6) is 0 Å². The number of aromatic nitrogens is 3. The molecule has 0 fully saturated rings. The van der Waals surface area contributed by atoms with E-state index < -0.39 is 11.6 Å². The summed E-state index contributed by atoms with van der Waals surface area (Å²) in [7, 11) is 0. The van der Waals surface area contributed by atoms with Gasteiger partial charge in [0.05, 0.1) is 11.9 Å². The zero-order valence-corrected chi connectivity index (χ0v) is 15.3. The molecule has 1 aromatic carbocycles. The van der Waals surface area contributed by atoms with Crippen LogP contribution in [0.1, 0.15) is 32.3 Å². The molecule has 0 saturated carbocycles. The predicted molar refractivity (Wildman–Crippen MR) is 100 cm³/mol. The molecule has 2 aromatic heterocycles. The van der Waals surface area contributed by atoms with E-state index in [1.54, 1.807) is 6.20 Å². The van der Waals surface area contributed by atoms with Crippen LogP contribution in [0, 0.1) is 18.6 Å². The number of rotatable bonds is 7. The summed E-state index contributed by atoms with van der Waals surface area (Å²) in [6.07, 6.45) is 3.70. The van der Waals surface area contributed by atoms with Crippen LogP contribution in [0.25, 0.3) is 5.65 Å². The molecule has 0 spiro atoms. The van der Waals surface area contributed by atoms with Gasteiger partial charge in [0, 0.05) is 30.8 Å². The van der Waals surface area contributed by atoms with Gasteiger partial charge in [-0.25, -0.2) is 13.8 Å². The van der Waals surface area contributed by atoms with E-state index in [1.807, 2.05) is 17.5 Å². The highest BCUT2D eigenvalue weighted by Crippen LogP contribution is 2.30. The lowest BCUT2D eigenvalue weighted by molar-refractivity contribution is 0.586. The fourth-order valence-electron chi connectivity index (χ4n) is 3.08. The zero-order chi connectivity index (χ0) is 18.7. The van der Waals surface area contributed by atoms with Crippen molar-refractivity contribution in [3.63, 3.8) is 0 Å². The molecule has 0 radical (unpaired) electrons. The standard InChI is InChI=1S/C19H23F2N5/c1-4-10-25(11-5-2)19-13(3)18(24-17-8-9-22-26(17)19)23-16-7-6-14(20)12-15(16)21/h6-9,12H,4-5,10-11H2,1-3H3,(H,23,24). The maximum absolute atomic E-state index is 14.1. The minimum absolute atomic E-state index is 0.189. The molecule has 0 aliphatic rings. The fraction of sp³-hybridized carbons (Fsp3) is 0.368. The van der Waals surface area contributed by atoms with E-state index in [9.17, 15) is 8.78 Å². The zero-order valence-electron chi connectivity index (χ0n) is 15.3. The SMILES string of the molecule is CCCN(CCC)c1c(C)c(Nc2ccc(F)cc2F)nc2ccnn12. The van der Waals surface area contributed by atoms with E-state index in [0.717, 1.165) is 43.4 Å². The summed E-state index contributed by atoms with van der Waals surface area (Å²) in [5, 5.41) is 7.41. The van der Waals surface area contributed by atoms with Crippen LogP contribution in [-0.2, 0) is 0 Å². The van der Waals surface area contributed by atoms with Crippen molar-refractivity contribution in [2.45, 2.75) is 33.6 Å². The van der Waals surface area contributed by atoms with E-state index in [1.165, 1.54) is 12.1 Å². The van der Waals surface area contributed by atoms with E-state index in [4.69, 9.17) is 0 Å². The van der Waals surface area contributed by atoms with Crippen LogP contribution in [0.15, 0.2) is 30.5 Å². The quantitative estimate of drug-likeness (QED) is 0.665. The smallest absolute Gasteiger partial charge is 0.159 e. The summed E-state index contributed by atoms with van der Waals surface area (Å²) in [5.41, 5.74) is 1.73. The molecule has 26 heavy (non-hydrogen) atoms. The van der Waals surface area contributed by atoms with Gasteiger partial charge < -0.3 is 10.2 Å². The third-order valence-corrected chi connectivity index (χ3v) is 4.21. The first kappa shape index (κ1) is 18.1. The van der Waals surface area contributed by atoms with Crippen molar-refractivity contribution in [3.05, 3.63) is 47.7 Å². The molecule has 0 aliphatic carbocycles. The lowest BCUT2D eigenvalue weighted by atomic mass is 10.2. The van der Waals surface area contributed by atoms with Crippen LogP contribution >= 0.6 is 0 Å². The molecule has 5 nitrogen and oxygen atoms in total. The Morgan fingerprint density at radius 1 is 1.12 bits per heavy atom. The van der Waals surface area contributed by atoms with E-state index >= 15 is 0 Å². The normalized spacial score (nSPS) is 11.1. The van der Waals surface area contributed by atoms with Gasteiger partial charge in [-0.2, -0.15) is 9.61 Å². The molecule has 0 bridgehead atoms. The van der Waals surface area contributed by atoms with Gasteiger partial charge in [0.25, 0.3) is 0 Å². The van der Waals surface area contributed by atoms with Crippen LogP contribution in [0.2, 0.25) is 0 Å². The summed E-state index contributed by atoms with van der Waals surface area (Å²) in [6, 6.07) is 5.27.